The summed E-state index contributed by atoms with van der Waals surface area (Å²) < 4.78 is 44.4. The summed E-state index contributed by atoms with van der Waals surface area (Å²) in [5, 5.41) is 0.00289. The Morgan fingerprint density at radius 3 is 2.55 bits per heavy atom. The summed E-state index contributed by atoms with van der Waals surface area (Å²) in [5.74, 6) is -0.0322. The zero-order chi connectivity index (χ0) is 22.2. The van der Waals surface area contributed by atoms with E-state index in [-0.39, 0.29) is 28.5 Å². The number of nitrogens with zero attached hydrogens (tertiary/aromatic N) is 1. The Labute approximate surface area is 184 Å². The van der Waals surface area contributed by atoms with Gasteiger partial charge in [-0.3, -0.25) is 14.5 Å². The van der Waals surface area contributed by atoms with E-state index in [1.807, 2.05) is 0 Å². The molecular formula is C22H13ClF3NO3S. The Balaban J connectivity index is 1.55. The van der Waals surface area contributed by atoms with E-state index >= 15 is 0 Å². The van der Waals surface area contributed by atoms with Crippen LogP contribution in [0.3, 0.4) is 0 Å². The van der Waals surface area contributed by atoms with E-state index in [4.69, 9.17) is 16.0 Å². The molecule has 9 heteroatoms. The summed E-state index contributed by atoms with van der Waals surface area (Å²) in [5.41, 5.74) is 0.0995. The average molecular weight is 464 g/mol. The topological polar surface area (TPSA) is 50.5 Å². The zero-order valence-corrected chi connectivity index (χ0v) is 17.2. The lowest BCUT2D eigenvalue weighted by Crippen LogP contribution is -2.27. The Morgan fingerprint density at radius 1 is 1.03 bits per heavy atom. The normalized spacial score (nSPS) is 15.9. The van der Waals surface area contributed by atoms with Crippen LogP contribution in [0.2, 0.25) is 5.02 Å². The zero-order valence-electron chi connectivity index (χ0n) is 15.7. The molecule has 2 amide bonds. The van der Waals surface area contributed by atoms with E-state index in [0.717, 1.165) is 28.8 Å². The summed E-state index contributed by atoms with van der Waals surface area (Å²) in [6.45, 7) is 0.0370. The van der Waals surface area contributed by atoms with Crippen molar-refractivity contribution in [3.8, 4) is 11.3 Å². The maximum absolute atomic E-state index is 12.9. The van der Waals surface area contributed by atoms with Gasteiger partial charge in [0, 0.05) is 16.7 Å². The highest BCUT2D eigenvalue weighted by atomic mass is 35.5. The van der Waals surface area contributed by atoms with E-state index in [9.17, 15) is 22.8 Å². The van der Waals surface area contributed by atoms with Crippen molar-refractivity contribution in [2.45, 2.75) is 12.7 Å². The Hall–Kier alpha value is -2.97. The summed E-state index contributed by atoms with van der Waals surface area (Å²) in [4.78, 5) is 26.2. The quantitative estimate of drug-likeness (QED) is 0.397. The third-order valence-electron chi connectivity index (χ3n) is 4.53. The minimum Gasteiger partial charge on any atom is -0.457 e. The number of rotatable bonds is 4. The first-order chi connectivity index (χ1) is 14.7. The first-order valence-electron chi connectivity index (χ1n) is 8.98. The fraction of sp³-hybridized carbons (Fsp3) is 0.0909. The van der Waals surface area contributed by atoms with Crippen LogP contribution in [0.1, 0.15) is 16.9 Å². The van der Waals surface area contributed by atoms with Crippen molar-refractivity contribution in [1.29, 1.82) is 0 Å². The molecule has 0 aliphatic carbocycles. The van der Waals surface area contributed by atoms with E-state index < -0.39 is 22.9 Å². The van der Waals surface area contributed by atoms with Gasteiger partial charge in [-0.1, -0.05) is 41.9 Å². The molecule has 158 valence electrons. The first-order valence-corrected chi connectivity index (χ1v) is 10.2. The van der Waals surface area contributed by atoms with Gasteiger partial charge in [0.1, 0.15) is 11.5 Å². The minimum atomic E-state index is -4.47. The lowest BCUT2D eigenvalue weighted by atomic mass is 10.1. The van der Waals surface area contributed by atoms with Crippen LogP contribution in [-0.2, 0) is 17.5 Å². The molecule has 1 aromatic heterocycles. The molecule has 0 bridgehead atoms. The smallest absolute Gasteiger partial charge is 0.416 e. The second-order valence-corrected chi connectivity index (χ2v) is 8.04. The summed E-state index contributed by atoms with van der Waals surface area (Å²) in [6, 6.07) is 14.7. The van der Waals surface area contributed by atoms with Crippen molar-refractivity contribution >= 4 is 40.6 Å². The number of benzene rings is 2. The molecule has 31 heavy (non-hydrogen) atoms. The molecule has 0 N–H and O–H groups in total. The Kier molecular flexibility index (Phi) is 5.68. The van der Waals surface area contributed by atoms with Crippen molar-refractivity contribution in [2.24, 2.45) is 0 Å². The predicted molar refractivity (Wildman–Crippen MR) is 112 cm³/mol. The second-order valence-electron chi connectivity index (χ2n) is 6.64. The average Bonchev–Trinajstić information content (AvgIpc) is 3.29. The maximum Gasteiger partial charge on any atom is 0.416 e. The van der Waals surface area contributed by atoms with Gasteiger partial charge in [0.15, 0.2) is 0 Å². The highest BCUT2D eigenvalue weighted by Crippen LogP contribution is 2.36. The third kappa shape index (κ3) is 4.55. The maximum atomic E-state index is 12.9. The van der Waals surface area contributed by atoms with Gasteiger partial charge in [-0.25, -0.2) is 0 Å². The van der Waals surface area contributed by atoms with Gasteiger partial charge in [0.2, 0.25) is 0 Å². The van der Waals surface area contributed by atoms with E-state index in [0.29, 0.717) is 10.6 Å². The molecule has 0 unspecified atom stereocenters. The molecular weight excluding hydrogens is 451 g/mol. The Morgan fingerprint density at radius 2 is 1.81 bits per heavy atom. The van der Waals surface area contributed by atoms with E-state index in [1.165, 1.54) is 30.3 Å². The number of amides is 2. The number of alkyl halides is 3. The molecule has 2 heterocycles. The van der Waals surface area contributed by atoms with Gasteiger partial charge >= 0.3 is 6.18 Å². The lowest BCUT2D eigenvalue weighted by Gasteiger charge is -2.13. The molecule has 1 aliphatic rings. The molecule has 1 fully saturated rings. The number of imide groups is 1. The second kappa shape index (κ2) is 8.28. The number of furan rings is 1. The van der Waals surface area contributed by atoms with Gasteiger partial charge in [-0.2, -0.15) is 13.2 Å². The molecule has 0 saturated carbocycles. The summed E-state index contributed by atoms with van der Waals surface area (Å²) in [6.07, 6.45) is -3.07. The van der Waals surface area contributed by atoms with Crippen LogP contribution < -0.4 is 0 Å². The van der Waals surface area contributed by atoms with Crippen molar-refractivity contribution in [2.75, 3.05) is 0 Å². The number of hydrogen-bond donors (Lipinski definition) is 0. The molecule has 4 nitrogen and oxygen atoms in total. The van der Waals surface area contributed by atoms with Crippen LogP contribution in [0.15, 0.2) is 70.0 Å². The number of hydrogen-bond acceptors (Lipinski definition) is 4. The lowest BCUT2D eigenvalue weighted by molar-refractivity contribution is -0.137. The highest BCUT2D eigenvalue weighted by Gasteiger charge is 2.35. The van der Waals surface area contributed by atoms with Gasteiger partial charge < -0.3 is 4.42 Å². The number of carbonyl (C=O) groups excluding carboxylic acids is 2. The van der Waals surface area contributed by atoms with Crippen LogP contribution >= 0.6 is 23.4 Å². The monoisotopic (exact) mass is 463 g/mol. The third-order valence-corrected chi connectivity index (χ3v) is 5.81. The van der Waals surface area contributed by atoms with Gasteiger partial charge in [0.25, 0.3) is 11.1 Å². The minimum absolute atomic E-state index is 0.0370. The fourth-order valence-corrected chi connectivity index (χ4v) is 4.01. The van der Waals surface area contributed by atoms with Crippen molar-refractivity contribution in [3.63, 3.8) is 0 Å². The number of carbonyl (C=O) groups is 2. The number of halogens is 4. The fourth-order valence-electron chi connectivity index (χ4n) is 3.00. The molecule has 1 aliphatic heterocycles. The van der Waals surface area contributed by atoms with Crippen molar-refractivity contribution in [1.82, 2.24) is 4.90 Å². The Bertz CT molecular complexity index is 1200. The van der Waals surface area contributed by atoms with Crippen LogP contribution in [0.25, 0.3) is 17.4 Å². The predicted octanol–water partition coefficient (Wildman–Crippen LogP) is 6.86. The van der Waals surface area contributed by atoms with Crippen LogP contribution in [0.5, 0.6) is 0 Å². The van der Waals surface area contributed by atoms with Crippen molar-refractivity contribution < 1.29 is 27.2 Å². The van der Waals surface area contributed by atoms with Crippen LogP contribution in [0, 0.1) is 0 Å². The van der Waals surface area contributed by atoms with Crippen LogP contribution in [-0.4, -0.2) is 16.0 Å². The van der Waals surface area contributed by atoms with E-state index in [1.54, 1.807) is 24.3 Å². The molecule has 2 aromatic carbocycles. The number of thioether (sulfide) groups is 1. The molecule has 3 aromatic rings. The molecule has 0 radical (unpaired) electrons. The molecule has 0 atom stereocenters. The first kappa shape index (κ1) is 21.3. The molecule has 0 spiro atoms. The van der Waals surface area contributed by atoms with Gasteiger partial charge in [-0.05, 0) is 47.7 Å². The van der Waals surface area contributed by atoms with E-state index in [2.05, 4.69) is 0 Å². The summed E-state index contributed by atoms with van der Waals surface area (Å²) >= 11 is 6.87. The largest absolute Gasteiger partial charge is 0.457 e. The standard InChI is InChI=1S/C22H13ClF3NO3S/c23-17-7-2-1-4-14(17)12-27-20(28)19(31-21(27)29)11-16-8-9-18(30-16)13-5-3-6-15(10-13)22(24,25)26/h1-11H,12H2/b19-11-. The van der Waals surface area contributed by atoms with Crippen molar-refractivity contribution in [3.05, 3.63) is 87.5 Å². The van der Waals surface area contributed by atoms with Crippen LogP contribution in [0.4, 0.5) is 18.0 Å². The molecule has 1 saturated heterocycles. The SMILES string of the molecule is O=C1S/C(=C\c2ccc(-c3cccc(C(F)(F)F)c3)o2)C(=O)N1Cc1ccccc1Cl. The highest BCUT2D eigenvalue weighted by molar-refractivity contribution is 8.18. The van der Waals surface area contributed by atoms with Gasteiger partial charge in [-0.15, -0.1) is 0 Å². The molecule has 4 rings (SSSR count). The summed E-state index contributed by atoms with van der Waals surface area (Å²) in [7, 11) is 0. The van der Waals surface area contributed by atoms with Gasteiger partial charge in [0.05, 0.1) is 17.0 Å².